The molecule has 1 heterocycles. The summed E-state index contributed by atoms with van der Waals surface area (Å²) in [4.78, 5) is 15.9. The first kappa shape index (κ1) is 12.1. The first-order chi connectivity index (χ1) is 8.69. The van der Waals surface area contributed by atoms with E-state index >= 15 is 0 Å². The molecule has 0 atom stereocenters. The SMILES string of the molecule is COc1ccc(NC(=O)c2ccc(C)cc2)cn1. The number of carbonyl (C=O) groups excluding carboxylic acids is 1. The number of ether oxygens (including phenoxy) is 1. The summed E-state index contributed by atoms with van der Waals surface area (Å²) >= 11 is 0. The maximum atomic E-state index is 11.9. The molecular weight excluding hydrogens is 228 g/mol. The van der Waals surface area contributed by atoms with Gasteiger partial charge in [0.2, 0.25) is 5.88 Å². The van der Waals surface area contributed by atoms with E-state index in [0.717, 1.165) is 5.56 Å². The molecule has 0 spiro atoms. The van der Waals surface area contributed by atoms with Crippen molar-refractivity contribution < 1.29 is 9.53 Å². The standard InChI is InChI=1S/C14H14N2O2/c1-10-3-5-11(6-4-10)14(17)16-12-7-8-13(18-2)15-9-12/h3-9H,1-2H3,(H,16,17). The number of nitrogens with one attached hydrogen (secondary N) is 1. The third-order valence-corrected chi connectivity index (χ3v) is 2.52. The maximum Gasteiger partial charge on any atom is 0.255 e. The second-order valence-corrected chi connectivity index (χ2v) is 3.91. The van der Waals surface area contributed by atoms with Crippen LogP contribution >= 0.6 is 0 Å². The number of methoxy groups -OCH3 is 1. The number of pyridine rings is 1. The van der Waals surface area contributed by atoms with Crippen molar-refractivity contribution in [2.45, 2.75) is 6.92 Å². The third kappa shape index (κ3) is 2.85. The van der Waals surface area contributed by atoms with E-state index in [2.05, 4.69) is 10.3 Å². The Hall–Kier alpha value is -2.36. The predicted molar refractivity (Wildman–Crippen MR) is 69.9 cm³/mol. The number of rotatable bonds is 3. The number of amides is 1. The molecule has 1 amide bonds. The van der Waals surface area contributed by atoms with Crippen molar-refractivity contribution in [2.24, 2.45) is 0 Å². The van der Waals surface area contributed by atoms with Gasteiger partial charge in [-0.25, -0.2) is 4.98 Å². The highest BCUT2D eigenvalue weighted by atomic mass is 16.5. The number of benzene rings is 1. The van der Waals surface area contributed by atoms with E-state index in [-0.39, 0.29) is 5.91 Å². The monoisotopic (exact) mass is 242 g/mol. The largest absolute Gasteiger partial charge is 0.481 e. The molecule has 0 bridgehead atoms. The zero-order valence-corrected chi connectivity index (χ0v) is 10.3. The number of hydrogen-bond donors (Lipinski definition) is 1. The van der Waals surface area contributed by atoms with Crippen molar-refractivity contribution >= 4 is 11.6 Å². The topological polar surface area (TPSA) is 51.2 Å². The van der Waals surface area contributed by atoms with E-state index in [9.17, 15) is 4.79 Å². The number of carbonyl (C=O) groups is 1. The lowest BCUT2D eigenvalue weighted by Crippen LogP contribution is -2.11. The average molecular weight is 242 g/mol. The molecule has 0 unspecified atom stereocenters. The number of hydrogen-bond acceptors (Lipinski definition) is 3. The van der Waals surface area contributed by atoms with Crippen molar-refractivity contribution in [3.8, 4) is 5.88 Å². The van der Waals surface area contributed by atoms with Gasteiger partial charge < -0.3 is 10.1 Å². The van der Waals surface area contributed by atoms with Crippen molar-refractivity contribution in [1.29, 1.82) is 0 Å². The van der Waals surface area contributed by atoms with Crippen LogP contribution in [-0.4, -0.2) is 18.0 Å². The van der Waals surface area contributed by atoms with Crippen molar-refractivity contribution in [2.75, 3.05) is 12.4 Å². The second kappa shape index (κ2) is 5.31. The van der Waals surface area contributed by atoms with Crippen LogP contribution in [0.3, 0.4) is 0 Å². The average Bonchev–Trinajstić information content (AvgIpc) is 2.40. The van der Waals surface area contributed by atoms with E-state index in [0.29, 0.717) is 17.1 Å². The number of anilines is 1. The highest BCUT2D eigenvalue weighted by Gasteiger charge is 2.05. The smallest absolute Gasteiger partial charge is 0.255 e. The molecule has 18 heavy (non-hydrogen) atoms. The fraction of sp³-hybridized carbons (Fsp3) is 0.143. The molecule has 1 aromatic heterocycles. The van der Waals surface area contributed by atoms with Gasteiger partial charge in [-0.3, -0.25) is 4.79 Å². The summed E-state index contributed by atoms with van der Waals surface area (Å²) in [7, 11) is 1.55. The molecule has 92 valence electrons. The second-order valence-electron chi connectivity index (χ2n) is 3.91. The van der Waals surface area contributed by atoms with E-state index in [4.69, 9.17) is 4.74 Å². The summed E-state index contributed by atoms with van der Waals surface area (Å²) in [6.45, 7) is 1.98. The van der Waals surface area contributed by atoms with E-state index < -0.39 is 0 Å². The maximum absolute atomic E-state index is 11.9. The van der Waals surface area contributed by atoms with E-state index in [1.807, 2.05) is 19.1 Å². The van der Waals surface area contributed by atoms with Gasteiger partial charge in [-0.15, -0.1) is 0 Å². The van der Waals surface area contributed by atoms with Gasteiger partial charge in [0.05, 0.1) is 19.0 Å². The molecule has 0 aliphatic carbocycles. The first-order valence-electron chi connectivity index (χ1n) is 5.57. The Labute approximate surface area is 106 Å². The van der Waals surface area contributed by atoms with Crippen LogP contribution in [0.15, 0.2) is 42.6 Å². The summed E-state index contributed by atoms with van der Waals surface area (Å²) in [6.07, 6.45) is 1.56. The molecule has 0 aliphatic rings. The minimum absolute atomic E-state index is 0.151. The molecule has 1 N–H and O–H groups in total. The van der Waals surface area contributed by atoms with Gasteiger partial charge in [0.25, 0.3) is 5.91 Å². The van der Waals surface area contributed by atoms with Crippen LogP contribution in [0.25, 0.3) is 0 Å². The third-order valence-electron chi connectivity index (χ3n) is 2.52. The lowest BCUT2D eigenvalue weighted by molar-refractivity contribution is 0.102. The molecule has 2 aromatic rings. The first-order valence-corrected chi connectivity index (χ1v) is 5.57. The molecule has 2 rings (SSSR count). The Balaban J connectivity index is 2.08. The molecule has 4 nitrogen and oxygen atoms in total. The molecule has 0 saturated carbocycles. The Kier molecular flexibility index (Phi) is 3.57. The summed E-state index contributed by atoms with van der Waals surface area (Å²) in [5.74, 6) is 0.366. The van der Waals surface area contributed by atoms with E-state index in [1.165, 1.54) is 0 Å². The van der Waals surface area contributed by atoms with Crippen LogP contribution in [0.4, 0.5) is 5.69 Å². The fourth-order valence-electron chi connectivity index (χ4n) is 1.48. The zero-order chi connectivity index (χ0) is 13.0. The van der Waals surface area contributed by atoms with Crippen molar-refractivity contribution in [3.63, 3.8) is 0 Å². The highest BCUT2D eigenvalue weighted by Crippen LogP contribution is 2.12. The van der Waals surface area contributed by atoms with Gasteiger partial charge in [-0.1, -0.05) is 17.7 Å². The molecule has 1 aromatic carbocycles. The van der Waals surface area contributed by atoms with Crippen LogP contribution in [-0.2, 0) is 0 Å². The molecular formula is C14H14N2O2. The van der Waals surface area contributed by atoms with Gasteiger partial charge in [-0.2, -0.15) is 0 Å². The predicted octanol–water partition coefficient (Wildman–Crippen LogP) is 2.65. The van der Waals surface area contributed by atoms with Gasteiger partial charge in [-0.05, 0) is 25.1 Å². The molecule has 0 aliphatic heterocycles. The van der Waals surface area contributed by atoms with Gasteiger partial charge >= 0.3 is 0 Å². The normalized spacial score (nSPS) is 9.89. The minimum Gasteiger partial charge on any atom is -0.481 e. The van der Waals surface area contributed by atoms with Gasteiger partial charge in [0, 0.05) is 11.6 Å². The lowest BCUT2D eigenvalue weighted by Gasteiger charge is -2.05. The lowest BCUT2D eigenvalue weighted by atomic mass is 10.1. The Bertz CT molecular complexity index is 533. The zero-order valence-electron chi connectivity index (χ0n) is 10.3. The quantitative estimate of drug-likeness (QED) is 0.900. The van der Waals surface area contributed by atoms with Crippen LogP contribution in [0.5, 0.6) is 5.88 Å². The Morgan fingerprint density at radius 3 is 2.44 bits per heavy atom. The fourth-order valence-corrected chi connectivity index (χ4v) is 1.48. The van der Waals surface area contributed by atoms with E-state index in [1.54, 1.807) is 37.6 Å². The number of aryl methyl sites for hydroxylation is 1. The van der Waals surface area contributed by atoms with Crippen molar-refractivity contribution in [3.05, 3.63) is 53.7 Å². The Morgan fingerprint density at radius 1 is 1.17 bits per heavy atom. The van der Waals surface area contributed by atoms with Crippen LogP contribution in [0.2, 0.25) is 0 Å². The van der Waals surface area contributed by atoms with Crippen LogP contribution in [0.1, 0.15) is 15.9 Å². The molecule has 0 fully saturated rings. The van der Waals surface area contributed by atoms with Gasteiger partial charge in [0.15, 0.2) is 0 Å². The van der Waals surface area contributed by atoms with Crippen LogP contribution in [0, 0.1) is 6.92 Å². The molecule has 0 radical (unpaired) electrons. The summed E-state index contributed by atoms with van der Waals surface area (Å²) in [5, 5.41) is 2.77. The molecule has 0 saturated heterocycles. The van der Waals surface area contributed by atoms with Gasteiger partial charge in [0.1, 0.15) is 0 Å². The number of nitrogens with zero attached hydrogens (tertiary/aromatic N) is 1. The summed E-state index contributed by atoms with van der Waals surface area (Å²) in [6, 6.07) is 10.8. The highest BCUT2D eigenvalue weighted by molar-refractivity contribution is 6.04. The Morgan fingerprint density at radius 2 is 1.89 bits per heavy atom. The summed E-state index contributed by atoms with van der Waals surface area (Å²) < 4.78 is 4.95. The minimum atomic E-state index is -0.151. The summed E-state index contributed by atoms with van der Waals surface area (Å²) in [5.41, 5.74) is 2.38. The van der Waals surface area contributed by atoms with Crippen LogP contribution < -0.4 is 10.1 Å². The number of aromatic nitrogens is 1. The molecule has 4 heteroatoms. The van der Waals surface area contributed by atoms with Crippen molar-refractivity contribution in [1.82, 2.24) is 4.98 Å².